The van der Waals surface area contributed by atoms with E-state index in [-0.39, 0.29) is 10.8 Å². The molecule has 0 atom stereocenters. The Kier molecular flexibility index (Phi) is 15.2. The number of hydrogen-bond donors (Lipinski definition) is 0. The van der Waals surface area contributed by atoms with E-state index >= 15 is 0 Å². The van der Waals surface area contributed by atoms with E-state index in [1.165, 1.54) is 114 Å². The first-order valence-electron chi connectivity index (χ1n) is 21.1. The Morgan fingerprint density at radius 2 is 0.849 bits per heavy atom. The normalized spacial score (nSPS) is 16.2. The van der Waals surface area contributed by atoms with Crippen LogP contribution in [0.5, 0.6) is 23.0 Å². The molecular formula is C44H64N2O4S3. The molecule has 9 heteroatoms. The number of aromatic nitrogens is 2. The van der Waals surface area contributed by atoms with Crippen molar-refractivity contribution in [3.05, 3.63) is 22.9 Å². The van der Waals surface area contributed by atoms with Gasteiger partial charge in [-0.05, 0) is 25.7 Å². The lowest BCUT2D eigenvalue weighted by Gasteiger charge is -2.31. The number of nitrogens with zero attached hydrogens (tertiary/aromatic N) is 2. The molecule has 0 fully saturated rings. The van der Waals surface area contributed by atoms with Gasteiger partial charge in [0.2, 0.25) is 0 Å². The fraction of sp³-hybridized carbons (Fsp3) is 0.682. The van der Waals surface area contributed by atoms with Crippen molar-refractivity contribution in [3.8, 4) is 43.9 Å². The zero-order valence-electron chi connectivity index (χ0n) is 33.0. The zero-order chi connectivity index (χ0) is 36.9. The first kappa shape index (κ1) is 40.3. The number of rotatable bonds is 22. The van der Waals surface area contributed by atoms with Gasteiger partial charge < -0.3 is 18.9 Å². The molecule has 1 aromatic carbocycles. The maximum atomic E-state index is 6.83. The van der Waals surface area contributed by atoms with Gasteiger partial charge in [0.05, 0.1) is 47.9 Å². The number of thiophene rings is 2. The first-order chi connectivity index (χ1) is 26.1. The van der Waals surface area contributed by atoms with Crippen molar-refractivity contribution in [2.45, 2.75) is 156 Å². The van der Waals surface area contributed by atoms with Crippen LogP contribution in [-0.2, 0) is 0 Å². The molecule has 53 heavy (non-hydrogen) atoms. The Labute approximate surface area is 331 Å². The van der Waals surface area contributed by atoms with Crippen LogP contribution in [0.4, 0.5) is 0 Å². The van der Waals surface area contributed by atoms with Gasteiger partial charge in [0, 0.05) is 32.7 Å². The Balaban J connectivity index is 1.22. The smallest absolute Gasteiger partial charge is 0.179 e. The molecule has 0 unspecified atom stereocenters. The molecule has 0 aliphatic carbocycles. The highest BCUT2D eigenvalue weighted by atomic mass is 32.1. The Hall–Kier alpha value is -2.36. The van der Waals surface area contributed by atoms with Gasteiger partial charge in [0.15, 0.2) is 23.0 Å². The lowest BCUT2D eigenvalue weighted by molar-refractivity contribution is 0.0784. The fourth-order valence-electron chi connectivity index (χ4n) is 8.27. The molecule has 3 aromatic heterocycles. The van der Waals surface area contributed by atoms with Crippen LogP contribution in [-0.4, -0.2) is 35.2 Å². The summed E-state index contributed by atoms with van der Waals surface area (Å²) >= 11 is 4.65. The number of fused-ring (bicyclic) bond motifs is 3. The summed E-state index contributed by atoms with van der Waals surface area (Å²) in [5, 5.41) is 4.27. The number of hydrogen-bond acceptors (Lipinski definition) is 9. The van der Waals surface area contributed by atoms with Crippen molar-refractivity contribution in [1.82, 2.24) is 8.75 Å². The van der Waals surface area contributed by atoms with Crippen molar-refractivity contribution >= 4 is 45.4 Å². The number of benzene rings is 1. The Bertz CT molecular complexity index is 1550. The van der Waals surface area contributed by atoms with Gasteiger partial charge >= 0.3 is 0 Å². The summed E-state index contributed by atoms with van der Waals surface area (Å²) in [6.45, 7) is 12.0. The summed E-state index contributed by atoms with van der Waals surface area (Å²) < 4.78 is 36.7. The van der Waals surface area contributed by atoms with Gasteiger partial charge in [0.25, 0.3) is 0 Å². The van der Waals surface area contributed by atoms with Crippen molar-refractivity contribution in [2.75, 3.05) is 26.4 Å². The van der Waals surface area contributed by atoms with E-state index in [2.05, 4.69) is 50.6 Å². The van der Waals surface area contributed by atoms with Crippen LogP contribution in [0.15, 0.2) is 22.9 Å². The lowest BCUT2D eigenvalue weighted by Crippen LogP contribution is -2.33. The van der Waals surface area contributed by atoms with E-state index in [4.69, 9.17) is 27.7 Å². The van der Waals surface area contributed by atoms with E-state index in [9.17, 15) is 0 Å². The third kappa shape index (κ3) is 9.91. The van der Waals surface area contributed by atoms with E-state index in [0.29, 0.717) is 13.2 Å². The largest absolute Gasteiger partial charge is 0.488 e. The van der Waals surface area contributed by atoms with Crippen LogP contribution >= 0.6 is 34.4 Å². The maximum Gasteiger partial charge on any atom is 0.179 e. The molecule has 4 aromatic rings. The maximum absolute atomic E-state index is 6.83. The lowest BCUT2D eigenvalue weighted by atomic mass is 9.79. The van der Waals surface area contributed by atoms with Gasteiger partial charge in [0.1, 0.15) is 11.0 Å². The predicted octanol–water partition coefficient (Wildman–Crippen LogP) is 14.5. The highest BCUT2D eigenvalue weighted by molar-refractivity contribution is 7.15. The van der Waals surface area contributed by atoms with E-state index in [1.807, 2.05) is 0 Å². The van der Waals surface area contributed by atoms with Crippen LogP contribution in [0, 0.1) is 10.8 Å². The molecule has 0 radical (unpaired) electrons. The highest BCUT2D eigenvalue weighted by Gasteiger charge is 2.38. The molecule has 292 valence electrons. The second kappa shape index (κ2) is 20.0. The van der Waals surface area contributed by atoms with Crippen molar-refractivity contribution < 1.29 is 18.9 Å². The molecule has 2 aliphatic rings. The molecule has 2 aliphatic heterocycles. The third-order valence-corrected chi connectivity index (χ3v) is 14.2. The van der Waals surface area contributed by atoms with Crippen molar-refractivity contribution in [2.24, 2.45) is 10.8 Å². The minimum absolute atomic E-state index is 0.0540. The van der Waals surface area contributed by atoms with Gasteiger partial charge in [-0.1, -0.05) is 143 Å². The van der Waals surface area contributed by atoms with Crippen LogP contribution in [0.25, 0.3) is 31.9 Å². The highest BCUT2D eigenvalue weighted by Crippen LogP contribution is 2.53. The molecule has 0 amide bonds. The summed E-state index contributed by atoms with van der Waals surface area (Å²) in [7, 11) is 0. The SMILES string of the molecule is CCCCCCC1(CCCCCC)COc2csc(-c3ccc(-c4scc5c4OCC(CCCCCC)(CCCCCC)CO5)c4nsnc34)c2OC1. The molecule has 0 spiro atoms. The molecule has 0 bridgehead atoms. The van der Waals surface area contributed by atoms with Crippen molar-refractivity contribution in [3.63, 3.8) is 0 Å². The predicted molar refractivity (Wildman–Crippen MR) is 226 cm³/mol. The van der Waals surface area contributed by atoms with Crippen LogP contribution in [0.3, 0.4) is 0 Å². The second-order valence-corrected chi connectivity index (χ2v) is 18.3. The monoisotopic (exact) mass is 780 g/mol. The van der Waals surface area contributed by atoms with Crippen molar-refractivity contribution in [1.29, 1.82) is 0 Å². The van der Waals surface area contributed by atoms with Crippen LogP contribution in [0.1, 0.15) is 156 Å². The average molecular weight is 781 g/mol. The zero-order valence-corrected chi connectivity index (χ0v) is 35.5. The summed E-state index contributed by atoms with van der Waals surface area (Å²) in [6, 6.07) is 4.41. The van der Waals surface area contributed by atoms with Gasteiger partial charge in [-0.3, -0.25) is 0 Å². The third-order valence-electron chi connectivity index (χ3n) is 11.7. The van der Waals surface area contributed by atoms with E-state index in [0.717, 1.165) is 93.8 Å². The topological polar surface area (TPSA) is 62.7 Å². The molecule has 0 saturated heterocycles. The molecule has 6 nitrogen and oxygen atoms in total. The minimum atomic E-state index is 0.0540. The van der Waals surface area contributed by atoms with Crippen LogP contribution < -0.4 is 18.9 Å². The first-order valence-corrected chi connectivity index (χ1v) is 23.5. The summed E-state index contributed by atoms with van der Waals surface area (Å²) in [4.78, 5) is 2.16. The summed E-state index contributed by atoms with van der Waals surface area (Å²) in [6.07, 6.45) is 24.9. The minimum Gasteiger partial charge on any atom is -0.488 e. The quantitative estimate of drug-likeness (QED) is 0.0740. The molecule has 0 N–H and O–H groups in total. The van der Waals surface area contributed by atoms with E-state index in [1.54, 1.807) is 22.7 Å². The Morgan fingerprint density at radius 3 is 1.21 bits per heavy atom. The van der Waals surface area contributed by atoms with Gasteiger partial charge in [-0.2, -0.15) is 8.75 Å². The second-order valence-electron chi connectivity index (χ2n) is 16.0. The molecule has 6 rings (SSSR count). The average Bonchev–Trinajstić information content (AvgIpc) is 3.88. The summed E-state index contributed by atoms with van der Waals surface area (Å²) in [5.41, 5.74) is 4.05. The van der Waals surface area contributed by atoms with Crippen LogP contribution in [0.2, 0.25) is 0 Å². The fourth-order valence-corrected chi connectivity index (χ4v) is 10.8. The summed E-state index contributed by atoms with van der Waals surface area (Å²) in [5.74, 6) is 3.49. The van der Waals surface area contributed by atoms with Gasteiger partial charge in [-0.25, -0.2) is 0 Å². The molecule has 5 heterocycles. The van der Waals surface area contributed by atoms with Gasteiger partial charge in [-0.15, -0.1) is 22.7 Å². The molecular weight excluding hydrogens is 717 g/mol. The molecule has 0 saturated carbocycles. The number of unbranched alkanes of at least 4 members (excludes halogenated alkanes) is 12. The van der Waals surface area contributed by atoms with E-state index < -0.39 is 0 Å². The number of ether oxygens (including phenoxy) is 4. The Morgan fingerprint density at radius 1 is 0.491 bits per heavy atom. The standard InChI is InChI=1S/C44H64N2O4S3/c1-5-9-13-17-23-43(24-18-14-10-6-2)29-47-35-27-51-41(39(35)49-31-43)33-21-22-34(38-37(33)45-53-46-38)42-40-36(28-52-42)48-30-44(32-50-40,25-19-15-11-7-3)26-20-16-12-8-4/h21-22,27-28H,5-20,23-26,29-32H2,1-4H3.